The number of carbonyl (C=O) groups is 1. The molecule has 0 spiro atoms. The largest absolute Gasteiger partial charge is 0.497 e. The number of hydrogen-bond donors (Lipinski definition) is 0. The molecule has 0 radical (unpaired) electrons. The van der Waals surface area contributed by atoms with Gasteiger partial charge in [-0.15, -0.1) is 0 Å². The van der Waals surface area contributed by atoms with E-state index in [9.17, 15) is 4.79 Å². The molecule has 3 rings (SSSR count). The van der Waals surface area contributed by atoms with Crippen molar-refractivity contribution in [3.8, 4) is 11.5 Å². The van der Waals surface area contributed by atoms with E-state index in [0.29, 0.717) is 18.8 Å². The first-order valence-corrected chi connectivity index (χ1v) is 7.83. The molecule has 0 N–H and O–H groups in total. The van der Waals surface area contributed by atoms with Crippen LogP contribution in [0.25, 0.3) is 0 Å². The van der Waals surface area contributed by atoms with Gasteiger partial charge < -0.3 is 19.3 Å². The van der Waals surface area contributed by atoms with E-state index in [-0.39, 0.29) is 12.5 Å². The Hall–Kier alpha value is -2.76. The molecule has 24 heavy (non-hydrogen) atoms. The van der Waals surface area contributed by atoms with Gasteiger partial charge in [0.2, 0.25) is 5.91 Å². The molecule has 1 aliphatic rings. The van der Waals surface area contributed by atoms with E-state index >= 15 is 0 Å². The molecule has 0 aliphatic carbocycles. The minimum absolute atomic E-state index is 0.0277. The maximum Gasteiger partial charge on any atom is 0.246 e. The average molecular weight is 327 g/mol. The molecule has 0 atom stereocenters. The highest BCUT2D eigenvalue weighted by molar-refractivity contribution is 5.97. The van der Waals surface area contributed by atoms with Crippen LogP contribution in [0.1, 0.15) is 5.69 Å². The predicted octanol–water partition coefficient (Wildman–Crippen LogP) is 2.26. The first kappa shape index (κ1) is 16.1. The summed E-state index contributed by atoms with van der Waals surface area (Å²) in [5, 5.41) is 0. The molecule has 126 valence electrons. The van der Waals surface area contributed by atoms with E-state index in [1.807, 2.05) is 48.2 Å². The Balaban J connectivity index is 1.80. The third-order valence-electron chi connectivity index (χ3n) is 4.08. The number of hydrogen-bond acceptors (Lipinski definition) is 5. The highest BCUT2D eigenvalue weighted by Crippen LogP contribution is 2.29. The van der Waals surface area contributed by atoms with Crippen LogP contribution in [0.5, 0.6) is 11.5 Å². The number of ether oxygens (including phenoxy) is 2. The fourth-order valence-corrected chi connectivity index (χ4v) is 2.82. The Morgan fingerprint density at radius 2 is 1.92 bits per heavy atom. The molecule has 1 aliphatic heterocycles. The first-order chi connectivity index (χ1) is 11.6. The van der Waals surface area contributed by atoms with Crippen molar-refractivity contribution in [2.75, 3.05) is 43.7 Å². The Morgan fingerprint density at radius 3 is 2.62 bits per heavy atom. The molecular weight excluding hydrogens is 306 g/mol. The second-order valence-electron chi connectivity index (χ2n) is 5.65. The van der Waals surface area contributed by atoms with Crippen LogP contribution >= 0.6 is 0 Å². The molecule has 0 unspecified atom stereocenters. The van der Waals surface area contributed by atoms with Crippen LogP contribution in [0.3, 0.4) is 0 Å². The quantitative estimate of drug-likeness (QED) is 0.862. The van der Waals surface area contributed by atoms with Crippen molar-refractivity contribution < 1.29 is 14.3 Å². The number of methoxy groups -OCH3 is 2. The van der Waals surface area contributed by atoms with Gasteiger partial charge in [0, 0.05) is 30.5 Å². The summed E-state index contributed by atoms with van der Waals surface area (Å²) in [5.74, 6) is 2.17. The second kappa shape index (κ2) is 6.78. The standard InChI is InChI=1S/C18H21N3O3/c1-13-7-8-16(24-3)18(19-13)20-9-10-21(17(22)12-20)14-5-4-6-15(11-14)23-2/h4-8,11H,9-10,12H2,1-3H3. The normalized spacial score (nSPS) is 14.7. The fourth-order valence-electron chi connectivity index (χ4n) is 2.82. The van der Waals surface area contributed by atoms with Gasteiger partial charge in [0.05, 0.1) is 20.8 Å². The van der Waals surface area contributed by atoms with E-state index in [1.54, 1.807) is 19.1 Å². The number of aryl methyl sites for hydroxylation is 1. The number of piperazine rings is 1. The molecule has 0 saturated carbocycles. The van der Waals surface area contributed by atoms with Crippen LogP contribution in [0.4, 0.5) is 11.5 Å². The lowest BCUT2D eigenvalue weighted by Crippen LogP contribution is -2.51. The zero-order valence-electron chi connectivity index (χ0n) is 14.2. The highest BCUT2D eigenvalue weighted by atomic mass is 16.5. The van der Waals surface area contributed by atoms with Gasteiger partial charge in [0.25, 0.3) is 0 Å². The van der Waals surface area contributed by atoms with Crippen LogP contribution in [0.2, 0.25) is 0 Å². The van der Waals surface area contributed by atoms with E-state index < -0.39 is 0 Å². The summed E-state index contributed by atoms with van der Waals surface area (Å²) in [6.07, 6.45) is 0. The number of carbonyl (C=O) groups excluding carboxylic acids is 1. The molecule has 6 nitrogen and oxygen atoms in total. The summed E-state index contributed by atoms with van der Waals surface area (Å²) < 4.78 is 10.6. The van der Waals surface area contributed by atoms with Crippen molar-refractivity contribution in [2.45, 2.75) is 6.92 Å². The zero-order chi connectivity index (χ0) is 17.1. The van der Waals surface area contributed by atoms with Gasteiger partial charge in [-0.3, -0.25) is 4.79 Å². The Labute approximate surface area is 141 Å². The summed E-state index contributed by atoms with van der Waals surface area (Å²) >= 11 is 0. The smallest absolute Gasteiger partial charge is 0.246 e. The van der Waals surface area contributed by atoms with Crippen LogP contribution in [-0.2, 0) is 4.79 Å². The van der Waals surface area contributed by atoms with Crippen molar-refractivity contribution in [3.63, 3.8) is 0 Å². The number of nitrogens with zero attached hydrogens (tertiary/aromatic N) is 3. The van der Waals surface area contributed by atoms with Gasteiger partial charge in [-0.05, 0) is 31.2 Å². The number of aromatic nitrogens is 1. The van der Waals surface area contributed by atoms with Crippen LogP contribution in [0, 0.1) is 6.92 Å². The Kier molecular flexibility index (Phi) is 4.55. The van der Waals surface area contributed by atoms with Gasteiger partial charge in [-0.25, -0.2) is 4.98 Å². The molecule has 1 aromatic heterocycles. The number of rotatable bonds is 4. The minimum atomic E-state index is 0.0277. The maximum absolute atomic E-state index is 12.6. The summed E-state index contributed by atoms with van der Waals surface area (Å²) in [6.45, 7) is 3.47. The van der Waals surface area contributed by atoms with Gasteiger partial charge in [-0.2, -0.15) is 0 Å². The van der Waals surface area contributed by atoms with Crippen LogP contribution in [-0.4, -0.2) is 44.7 Å². The number of benzene rings is 1. The monoisotopic (exact) mass is 327 g/mol. The van der Waals surface area contributed by atoms with Gasteiger partial charge in [0.15, 0.2) is 11.6 Å². The van der Waals surface area contributed by atoms with Crippen molar-refractivity contribution >= 4 is 17.4 Å². The molecule has 1 saturated heterocycles. The van der Waals surface area contributed by atoms with E-state index in [4.69, 9.17) is 9.47 Å². The summed E-state index contributed by atoms with van der Waals surface area (Å²) in [4.78, 5) is 20.9. The molecule has 2 aromatic rings. The molecular formula is C18H21N3O3. The fraction of sp³-hybridized carbons (Fsp3) is 0.333. The number of amides is 1. The minimum Gasteiger partial charge on any atom is -0.497 e. The molecule has 0 bridgehead atoms. The first-order valence-electron chi connectivity index (χ1n) is 7.83. The molecule has 1 fully saturated rings. The second-order valence-corrected chi connectivity index (χ2v) is 5.65. The molecule has 2 heterocycles. The lowest BCUT2D eigenvalue weighted by molar-refractivity contribution is -0.117. The van der Waals surface area contributed by atoms with Crippen LogP contribution < -0.4 is 19.3 Å². The summed E-state index contributed by atoms with van der Waals surface area (Å²) in [6, 6.07) is 11.3. The topological polar surface area (TPSA) is 54.9 Å². The van der Waals surface area contributed by atoms with Gasteiger partial charge >= 0.3 is 0 Å². The van der Waals surface area contributed by atoms with Gasteiger partial charge in [-0.1, -0.05) is 6.07 Å². The van der Waals surface area contributed by atoms with Crippen molar-refractivity contribution in [1.29, 1.82) is 0 Å². The van der Waals surface area contributed by atoms with Gasteiger partial charge in [0.1, 0.15) is 5.75 Å². The van der Waals surface area contributed by atoms with Crippen molar-refractivity contribution in [3.05, 3.63) is 42.1 Å². The lowest BCUT2D eigenvalue weighted by atomic mass is 10.2. The maximum atomic E-state index is 12.6. The SMILES string of the molecule is COc1cccc(N2CCN(c3nc(C)ccc3OC)CC2=O)c1. The van der Waals surface area contributed by atoms with Crippen molar-refractivity contribution in [2.24, 2.45) is 0 Å². The highest BCUT2D eigenvalue weighted by Gasteiger charge is 2.27. The molecule has 6 heteroatoms. The third kappa shape index (κ3) is 3.13. The van der Waals surface area contributed by atoms with E-state index in [2.05, 4.69) is 4.98 Å². The lowest BCUT2D eigenvalue weighted by Gasteiger charge is -2.35. The van der Waals surface area contributed by atoms with Crippen LogP contribution in [0.15, 0.2) is 36.4 Å². The molecule has 1 amide bonds. The third-order valence-corrected chi connectivity index (χ3v) is 4.08. The summed E-state index contributed by atoms with van der Waals surface area (Å²) in [7, 11) is 3.23. The number of anilines is 2. The number of pyridine rings is 1. The van der Waals surface area contributed by atoms with E-state index in [1.165, 1.54) is 0 Å². The zero-order valence-corrected chi connectivity index (χ0v) is 14.2. The Morgan fingerprint density at radius 1 is 1.08 bits per heavy atom. The Bertz CT molecular complexity index is 748. The predicted molar refractivity (Wildman–Crippen MR) is 93.1 cm³/mol. The van der Waals surface area contributed by atoms with Crippen molar-refractivity contribution in [1.82, 2.24) is 4.98 Å². The van der Waals surface area contributed by atoms with E-state index in [0.717, 1.165) is 22.9 Å². The summed E-state index contributed by atoms with van der Waals surface area (Å²) in [5.41, 5.74) is 1.75. The molecule has 1 aromatic carbocycles. The average Bonchev–Trinajstić information content (AvgIpc) is 2.61.